The fourth-order valence-corrected chi connectivity index (χ4v) is 3.25. The van der Waals surface area contributed by atoms with Crippen molar-refractivity contribution >= 4 is 21.6 Å². The Morgan fingerprint density at radius 2 is 1.54 bits per heavy atom. The van der Waals surface area contributed by atoms with Crippen LogP contribution in [0.3, 0.4) is 0 Å². The lowest BCUT2D eigenvalue weighted by atomic mass is 10.00. The third-order valence-corrected chi connectivity index (χ3v) is 4.53. The first-order valence-corrected chi connectivity index (χ1v) is 10.5. The molecule has 0 aliphatic heterocycles. The highest BCUT2D eigenvalue weighted by molar-refractivity contribution is 7.92. The van der Waals surface area contributed by atoms with E-state index in [1.165, 1.54) is 5.56 Å². The summed E-state index contributed by atoms with van der Waals surface area (Å²) in [6, 6.07) is 14.5. The number of sulfonamides is 1. The molecule has 0 aliphatic carbocycles. The molecule has 6 heteroatoms. The zero-order valence-corrected chi connectivity index (χ0v) is 16.4. The van der Waals surface area contributed by atoms with Gasteiger partial charge in [-0.2, -0.15) is 0 Å². The molecule has 0 heterocycles. The Kier molecular flexibility index (Phi) is 6.42. The molecule has 0 aliphatic rings. The molecular weight excluding hydrogens is 348 g/mol. The number of benzene rings is 2. The molecule has 0 spiro atoms. The number of hydrogen-bond donors (Lipinski definition) is 2. The summed E-state index contributed by atoms with van der Waals surface area (Å²) in [4.78, 5) is 12.4. The van der Waals surface area contributed by atoms with E-state index in [9.17, 15) is 13.2 Å². The van der Waals surface area contributed by atoms with Gasteiger partial charge in [-0.3, -0.25) is 9.52 Å². The average molecular weight is 375 g/mol. The molecular formula is C20H26N2O3S. The van der Waals surface area contributed by atoms with Gasteiger partial charge in [-0.25, -0.2) is 8.42 Å². The summed E-state index contributed by atoms with van der Waals surface area (Å²) in [5.41, 5.74) is 3.24. The molecule has 0 radical (unpaired) electrons. The number of hydrogen-bond acceptors (Lipinski definition) is 3. The van der Waals surface area contributed by atoms with Gasteiger partial charge in [-0.1, -0.05) is 38.1 Å². The van der Waals surface area contributed by atoms with E-state index in [-0.39, 0.29) is 11.9 Å². The van der Waals surface area contributed by atoms with Crippen LogP contribution in [-0.4, -0.2) is 20.6 Å². The highest BCUT2D eigenvalue weighted by atomic mass is 32.2. The second-order valence-electron chi connectivity index (χ2n) is 6.99. The van der Waals surface area contributed by atoms with E-state index in [2.05, 4.69) is 36.0 Å². The summed E-state index contributed by atoms with van der Waals surface area (Å²) >= 11 is 0. The van der Waals surface area contributed by atoms with Crippen LogP contribution in [0, 0.1) is 5.92 Å². The minimum atomic E-state index is -3.33. The predicted molar refractivity (Wildman–Crippen MR) is 106 cm³/mol. The Balaban J connectivity index is 2.00. The van der Waals surface area contributed by atoms with Gasteiger partial charge in [-0.05, 0) is 54.7 Å². The smallest absolute Gasteiger partial charge is 0.251 e. The number of carbonyl (C=O) groups excluding carboxylic acids is 1. The van der Waals surface area contributed by atoms with Crippen molar-refractivity contribution in [2.45, 2.75) is 33.2 Å². The molecule has 0 unspecified atom stereocenters. The molecule has 2 rings (SSSR count). The highest BCUT2D eigenvalue weighted by Crippen LogP contribution is 2.17. The quantitative estimate of drug-likeness (QED) is 0.775. The van der Waals surface area contributed by atoms with Crippen molar-refractivity contribution in [3.8, 4) is 0 Å². The van der Waals surface area contributed by atoms with Gasteiger partial charge in [0.15, 0.2) is 0 Å². The second kappa shape index (κ2) is 8.36. The van der Waals surface area contributed by atoms with Crippen LogP contribution in [-0.2, 0) is 16.4 Å². The fourth-order valence-electron chi connectivity index (χ4n) is 2.68. The minimum absolute atomic E-state index is 0.121. The monoisotopic (exact) mass is 374 g/mol. The number of nitrogens with one attached hydrogen (secondary N) is 2. The van der Waals surface area contributed by atoms with Crippen molar-refractivity contribution in [2.75, 3.05) is 11.0 Å². The van der Waals surface area contributed by atoms with E-state index in [1.54, 1.807) is 24.3 Å². The number of rotatable bonds is 7. The largest absolute Gasteiger partial charge is 0.346 e. The maximum atomic E-state index is 12.4. The third kappa shape index (κ3) is 6.19. The first-order valence-electron chi connectivity index (χ1n) is 8.61. The Hall–Kier alpha value is -2.34. The summed E-state index contributed by atoms with van der Waals surface area (Å²) in [5.74, 6) is 0.410. The lowest BCUT2D eigenvalue weighted by Crippen LogP contribution is -2.26. The van der Waals surface area contributed by atoms with Crippen molar-refractivity contribution in [3.05, 3.63) is 65.2 Å². The summed E-state index contributed by atoms with van der Waals surface area (Å²) < 4.78 is 24.8. The zero-order chi connectivity index (χ0) is 19.3. The van der Waals surface area contributed by atoms with Crippen LogP contribution >= 0.6 is 0 Å². The Labute approximate surface area is 155 Å². The van der Waals surface area contributed by atoms with Crippen molar-refractivity contribution in [2.24, 2.45) is 5.92 Å². The molecule has 1 atom stereocenters. The van der Waals surface area contributed by atoms with Gasteiger partial charge in [-0.15, -0.1) is 0 Å². The van der Waals surface area contributed by atoms with Crippen LogP contribution in [0.1, 0.15) is 48.3 Å². The SMILES string of the molecule is CC(C)Cc1ccc([C@H](C)NC(=O)c2ccc(NS(C)(=O)=O)cc2)cc1. The van der Waals surface area contributed by atoms with Crippen molar-refractivity contribution in [1.29, 1.82) is 0 Å². The molecule has 0 bridgehead atoms. The number of anilines is 1. The predicted octanol–water partition coefficient (Wildman–Crippen LogP) is 3.75. The first kappa shape index (κ1) is 20.0. The second-order valence-corrected chi connectivity index (χ2v) is 8.73. The Bertz CT molecular complexity index is 842. The van der Waals surface area contributed by atoms with E-state index in [4.69, 9.17) is 0 Å². The molecule has 0 aromatic heterocycles. The van der Waals surface area contributed by atoms with Crippen LogP contribution in [0.5, 0.6) is 0 Å². The fraction of sp³-hybridized carbons (Fsp3) is 0.350. The topological polar surface area (TPSA) is 75.3 Å². The van der Waals surface area contributed by atoms with Gasteiger partial charge in [0, 0.05) is 11.3 Å². The first-order chi connectivity index (χ1) is 12.1. The van der Waals surface area contributed by atoms with Gasteiger partial charge in [0.1, 0.15) is 0 Å². The maximum Gasteiger partial charge on any atom is 0.251 e. The van der Waals surface area contributed by atoms with Gasteiger partial charge in [0.2, 0.25) is 10.0 Å². The van der Waals surface area contributed by atoms with Crippen molar-refractivity contribution in [3.63, 3.8) is 0 Å². The average Bonchev–Trinajstić information content (AvgIpc) is 2.54. The van der Waals surface area contributed by atoms with Crippen molar-refractivity contribution < 1.29 is 13.2 Å². The molecule has 26 heavy (non-hydrogen) atoms. The van der Waals surface area contributed by atoms with Crippen LogP contribution < -0.4 is 10.0 Å². The Morgan fingerprint density at radius 3 is 2.04 bits per heavy atom. The van der Waals surface area contributed by atoms with Crippen molar-refractivity contribution in [1.82, 2.24) is 5.32 Å². The van der Waals surface area contributed by atoms with Gasteiger partial charge < -0.3 is 5.32 Å². The van der Waals surface area contributed by atoms with Gasteiger partial charge in [0.25, 0.3) is 5.91 Å². The van der Waals surface area contributed by atoms with Crippen LogP contribution in [0.4, 0.5) is 5.69 Å². The minimum Gasteiger partial charge on any atom is -0.346 e. The standard InChI is InChI=1S/C20H26N2O3S/c1-14(2)13-16-5-7-17(8-6-16)15(3)21-20(23)18-9-11-19(12-10-18)22-26(4,24)25/h5-12,14-15,22H,13H2,1-4H3,(H,21,23)/t15-/m0/s1. The Morgan fingerprint density at radius 1 is 0.962 bits per heavy atom. The van der Waals surface area contributed by atoms with Crippen LogP contribution in [0.2, 0.25) is 0 Å². The summed E-state index contributed by atoms with van der Waals surface area (Å²) in [6.07, 6.45) is 2.12. The molecule has 0 fully saturated rings. The highest BCUT2D eigenvalue weighted by Gasteiger charge is 2.12. The van der Waals surface area contributed by atoms with Gasteiger partial charge >= 0.3 is 0 Å². The van der Waals surface area contributed by atoms with Crippen LogP contribution in [0.15, 0.2) is 48.5 Å². The molecule has 2 aromatic carbocycles. The maximum absolute atomic E-state index is 12.4. The van der Waals surface area contributed by atoms with E-state index in [0.717, 1.165) is 18.2 Å². The third-order valence-electron chi connectivity index (χ3n) is 3.92. The molecule has 2 N–H and O–H groups in total. The van der Waals surface area contributed by atoms with Crippen LogP contribution in [0.25, 0.3) is 0 Å². The molecule has 0 saturated carbocycles. The molecule has 2 aromatic rings. The lowest BCUT2D eigenvalue weighted by Gasteiger charge is -2.15. The van der Waals surface area contributed by atoms with Gasteiger partial charge in [0.05, 0.1) is 12.3 Å². The molecule has 140 valence electrons. The van der Waals surface area contributed by atoms with E-state index in [0.29, 0.717) is 17.2 Å². The zero-order valence-electron chi connectivity index (χ0n) is 15.6. The normalized spacial score (nSPS) is 12.7. The summed E-state index contributed by atoms with van der Waals surface area (Å²) in [5, 5.41) is 2.96. The molecule has 0 saturated heterocycles. The number of amides is 1. The number of carbonyl (C=O) groups is 1. The molecule has 1 amide bonds. The van der Waals surface area contributed by atoms with E-state index >= 15 is 0 Å². The summed E-state index contributed by atoms with van der Waals surface area (Å²) in [6.45, 7) is 6.32. The van der Waals surface area contributed by atoms with E-state index < -0.39 is 10.0 Å². The lowest BCUT2D eigenvalue weighted by molar-refractivity contribution is 0.0940. The molecule has 5 nitrogen and oxygen atoms in total. The van der Waals surface area contributed by atoms with E-state index in [1.807, 2.05) is 19.1 Å². The summed E-state index contributed by atoms with van der Waals surface area (Å²) in [7, 11) is -3.33.